The summed E-state index contributed by atoms with van der Waals surface area (Å²) >= 11 is 4.95. The summed E-state index contributed by atoms with van der Waals surface area (Å²) in [6.45, 7) is 0.829. The van der Waals surface area contributed by atoms with Crippen LogP contribution in [0, 0.1) is 0 Å². The molecule has 0 unspecified atom stereocenters. The second-order valence-electron chi connectivity index (χ2n) is 3.81. The van der Waals surface area contributed by atoms with Crippen molar-refractivity contribution in [3.63, 3.8) is 0 Å². The molecule has 0 aliphatic heterocycles. The zero-order chi connectivity index (χ0) is 13.0. The van der Waals surface area contributed by atoms with Gasteiger partial charge in [-0.25, -0.2) is 4.79 Å². The Morgan fingerprint density at radius 1 is 1.39 bits per heavy atom. The molecule has 0 saturated carbocycles. The van der Waals surface area contributed by atoms with Crippen molar-refractivity contribution in [1.29, 1.82) is 0 Å². The summed E-state index contributed by atoms with van der Waals surface area (Å²) < 4.78 is 0.593. The van der Waals surface area contributed by atoms with Crippen LogP contribution in [0.4, 0.5) is 5.69 Å². The number of carboxylic acids is 1. The molecule has 0 aliphatic rings. The Morgan fingerprint density at radius 3 is 2.83 bits per heavy atom. The molecule has 94 valence electrons. The van der Waals surface area contributed by atoms with Gasteiger partial charge >= 0.3 is 5.97 Å². The van der Waals surface area contributed by atoms with E-state index in [0.717, 1.165) is 18.7 Å². The summed E-state index contributed by atoms with van der Waals surface area (Å²) in [4.78, 5) is 10.9. The predicted molar refractivity (Wildman–Crippen MR) is 77.6 cm³/mol. The largest absolute Gasteiger partial charge is 0.478 e. The SMILES string of the molecule is O=C(O)c1ccc(NCCc2ccsc2)cc1Br. The third-order valence-corrected chi connectivity index (χ3v) is 3.91. The second-order valence-corrected chi connectivity index (χ2v) is 5.44. The van der Waals surface area contributed by atoms with Gasteiger partial charge in [0.2, 0.25) is 0 Å². The number of aromatic carboxylic acids is 1. The number of nitrogens with one attached hydrogen (secondary N) is 1. The van der Waals surface area contributed by atoms with Gasteiger partial charge in [-0.2, -0.15) is 11.3 Å². The van der Waals surface area contributed by atoms with E-state index in [-0.39, 0.29) is 5.56 Å². The van der Waals surface area contributed by atoms with Crippen LogP contribution in [-0.2, 0) is 6.42 Å². The molecule has 2 aromatic rings. The Bertz CT molecular complexity index is 540. The van der Waals surface area contributed by atoms with Gasteiger partial charge in [0.05, 0.1) is 5.56 Å². The number of rotatable bonds is 5. The minimum atomic E-state index is -0.924. The van der Waals surface area contributed by atoms with Gasteiger partial charge in [0.1, 0.15) is 0 Å². The van der Waals surface area contributed by atoms with Crippen molar-refractivity contribution in [2.45, 2.75) is 6.42 Å². The molecule has 0 radical (unpaired) electrons. The lowest BCUT2D eigenvalue weighted by molar-refractivity contribution is 0.0696. The molecule has 1 aromatic heterocycles. The first-order valence-corrected chi connectivity index (χ1v) is 7.18. The Hall–Kier alpha value is -1.33. The Morgan fingerprint density at radius 2 is 2.22 bits per heavy atom. The van der Waals surface area contributed by atoms with Crippen LogP contribution in [0.1, 0.15) is 15.9 Å². The molecule has 0 bridgehead atoms. The van der Waals surface area contributed by atoms with Crippen LogP contribution < -0.4 is 5.32 Å². The average Bonchev–Trinajstić information content (AvgIpc) is 2.81. The van der Waals surface area contributed by atoms with Crippen LogP contribution in [0.25, 0.3) is 0 Å². The third kappa shape index (κ3) is 3.34. The average molecular weight is 326 g/mol. The van der Waals surface area contributed by atoms with Crippen LogP contribution in [0.3, 0.4) is 0 Å². The molecule has 1 heterocycles. The highest BCUT2D eigenvalue weighted by Gasteiger charge is 2.08. The van der Waals surface area contributed by atoms with Gasteiger partial charge in [-0.3, -0.25) is 0 Å². The van der Waals surface area contributed by atoms with E-state index < -0.39 is 5.97 Å². The van der Waals surface area contributed by atoms with Crippen LogP contribution in [0.5, 0.6) is 0 Å². The summed E-state index contributed by atoms with van der Waals surface area (Å²) in [7, 11) is 0. The summed E-state index contributed by atoms with van der Waals surface area (Å²) in [6.07, 6.45) is 0.960. The molecule has 18 heavy (non-hydrogen) atoms. The lowest BCUT2D eigenvalue weighted by Crippen LogP contribution is -2.05. The highest BCUT2D eigenvalue weighted by molar-refractivity contribution is 9.10. The normalized spacial score (nSPS) is 10.3. The van der Waals surface area contributed by atoms with Gasteiger partial charge in [-0.05, 0) is 62.9 Å². The molecule has 0 saturated heterocycles. The minimum Gasteiger partial charge on any atom is -0.478 e. The lowest BCUT2D eigenvalue weighted by atomic mass is 10.2. The number of halogens is 1. The monoisotopic (exact) mass is 325 g/mol. The predicted octanol–water partition coefficient (Wildman–Crippen LogP) is 3.86. The molecule has 1 aromatic carbocycles. The summed E-state index contributed by atoms with van der Waals surface area (Å²) in [5, 5.41) is 16.4. The van der Waals surface area contributed by atoms with Crippen LogP contribution >= 0.6 is 27.3 Å². The molecule has 0 atom stereocenters. The zero-order valence-corrected chi connectivity index (χ0v) is 11.9. The molecule has 0 spiro atoms. The van der Waals surface area contributed by atoms with Crippen LogP contribution in [0.2, 0.25) is 0 Å². The van der Waals surface area contributed by atoms with Crippen molar-refractivity contribution in [3.05, 3.63) is 50.6 Å². The van der Waals surface area contributed by atoms with E-state index in [1.54, 1.807) is 29.5 Å². The maximum Gasteiger partial charge on any atom is 0.336 e. The summed E-state index contributed by atoms with van der Waals surface area (Å²) in [5.41, 5.74) is 2.51. The molecule has 3 nitrogen and oxygen atoms in total. The molecule has 2 N–H and O–H groups in total. The van der Waals surface area contributed by atoms with Crippen LogP contribution in [-0.4, -0.2) is 17.6 Å². The highest BCUT2D eigenvalue weighted by atomic mass is 79.9. The highest BCUT2D eigenvalue weighted by Crippen LogP contribution is 2.21. The Balaban J connectivity index is 1.94. The number of benzene rings is 1. The number of thiophene rings is 1. The molecular weight excluding hydrogens is 314 g/mol. The minimum absolute atomic E-state index is 0.276. The molecule has 2 rings (SSSR count). The fourth-order valence-electron chi connectivity index (χ4n) is 1.58. The second kappa shape index (κ2) is 6.02. The maximum absolute atomic E-state index is 10.9. The van der Waals surface area contributed by atoms with Crippen LogP contribution in [0.15, 0.2) is 39.5 Å². The first-order valence-electron chi connectivity index (χ1n) is 5.44. The fraction of sp³-hybridized carbons (Fsp3) is 0.154. The zero-order valence-electron chi connectivity index (χ0n) is 9.52. The van der Waals surface area contributed by atoms with Gasteiger partial charge in [-0.15, -0.1) is 0 Å². The number of carboxylic acid groups (broad SMARTS) is 1. The van der Waals surface area contributed by atoms with E-state index in [2.05, 4.69) is 38.1 Å². The van der Waals surface area contributed by atoms with E-state index in [0.29, 0.717) is 4.47 Å². The first-order chi connectivity index (χ1) is 8.66. The molecule has 0 amide bonds. The molecule has 5 heteroatoms. The van der Waals surface area contributed by atoms with E-state index in [1.807, 2.05) is 0 Å². The maximum atomic E-state index is 10.9. The molecular formula is C13H12BrNO2S. The Kier molecular flexibility index (Phi) is 4.38. The standard InChI is InChI=1S/C13H12BrNO2S/c14-12-7-10(1-2-11(12)13(16)17)15-5-3-9-4-6-18-8-9/h1-2,4,6-8,15H,3,5H2,(H,16,17). The van der Waals surface area contributed by atoms with Gasteiger partial charge in [-0.1, -0.05) is 0 Å². The molecule has 0 aliphatic carbocycles. The van der Waals surface area contributed by atoms with Gasteiger partial charge in [0.25, 0.3) is 0 Å². The van der Waals surface area contributed by atoms with Crippen molar-refractivity contribution in [1.82, 2.24) is 0 Å². The number of anilines is 1. The van der Waals surface area contributed by atoms with E-state index in [9.17, 15) is 4.79 Å². The van der Waals surface area contributed by atoms with Crippen molar-refractivity contribution >= 4 is 38.9 Å². The van der Waals surface area contributed by atoms with Gasteiger partial charge in [0.15, 0.2) is 0 Å². The Labute approximate surface area is 118 Å². The third-order valence-electron chi connectivity index (χ3n) is 2.52. The first kappa shape index (κ1) is 13.1. The van der Waals surface area contributed by atoms with Crippen molar-refractivity contribution < 1.29 is 9.90 Å². The van der Waals surface area contributed by atoms with E-state index in [1.165, 1.54) is 5.56 Å². The van der Waals surface area contributed by atoms with E-state index in [4.69, 9.17) is 5.11 Å². The molecule has 0 fully saturated rings. The number of hydrogen-bond acceptors (Lipinski definition) is 3. The number of carbonyl (C=O) groups is 1. The topological polar surface area (TPSA) is 49.3 Å². The summed E-state index contributed by atoms with van der Waals surface area (Å²) in [5.74, 6) is -0.924. The number of hydrogen-bond donors (Lipinski definition) is 2. The lowest BCUT2D eigenvalue weighted by Gasteiger charge is -2.07. The van der Waals surface area contributed by atoms with Crippen molar-refractivity contribution in [2.75, 3.05) is 11.9 Å². The van der Waals surface area contributed by atoms with Gasteiger partial charge in [0, 0.05) is 16.7 Å². The quantitative estimate of drug-likeness (QED) is 0.877. The smallest absolute Gasteiger partial charge is 0.336 e. The summed E-state index contributed by atoms with van der Waals surface area (Å²) in [6, 6.07) is 7.27. The fourth-order valence-corrected chi connectivity index (χ4v) is 2.84. The van der Waals surface area contributed by atoms with E-state index >= 15 is 0 Å². The van der Waals surface area contributed by atoms with Crippen molar-refractivity contribution in [2.24, 2.45) is 0 Å². The van der Waals surface area contributed by atoms with Gasteiger partial charge < -0.3 is 10.4 Å². The van der Waals surface area contributed by atoms with Crippen molar-refractivity contribution in [3.8, 4) is 0 Å².